The first kappa shape index (κ1) is 16.7. The van der Waals surface area contributed by atoms with Gasteiger partial charge < -0.3 is 25.0 Å². The quantitative estimate of drug-likeness (QED) is 0.654. The van der Waals surface area contributed by atoms with Gasteiger partial charge in [-0.15, -0.1) is 0 Å². The van der Waals surface area contributed by atoms with E-state index >= 15 is 0 Å². The summed E-state index contributed by atoms with van der Waals surface area (Å²) in [4.78, 5) is 26.3. The number of carbonyl (C=O) groups excluding carboxylic acids is 1. The number of hydrogen-bond donors (Lipinski definition) is 2. The molecular weight excluding hydrogens is 262 g/mol. The van der Waals surface area contributed by atoms with Gasteiger partial charge in [0.15, 0.2) is 0 Å². The smallest absolute Gasteiger partial charge is 0.329 e. The number of aliphatic carboxylic acids is 1. The average molecular weight is 287 g/mol. The van der Waals surface area contributed by atoms with E-state index in [1.807, 2.05) is 0 Å². The molecule has 116 valence electrons. The maximum atomic E-state index is 11.9. The molecule has 20 heavy (non-hydrogen) atoms. The third-order valence-electron chi connectivity index (χ3n) is 3.62. The first-order valence-electron chi connectivity index (χ1n) is 7.07. The molecule has 0 radical (unpaired) electrons. The summed E-state index contributed by atoms with van der Waals surface area (Å²) < 4.78 is 4.86. The van der Waals surface area contributed by atoms with Crippen LogP contribution in [-0.2, 0) is 9.53 Å². The molecule has 0 aromatic carbocycles. The van der Waals surface area contributed by atoms with Crippen molar-refractivity contribution in [2.75, 3.05) is 46.4 Å². The summed E-state index contributed by atoms with van der Waals surface area (Å²) >= 11 is 0. The topological polar surface area (TPSA) is 82.1 Å². The van der Waals surface area contributed by atoms with E-state index in [9.17, 15) is 9.59 Å². The van der Waals surface area contributed by atoms with Crippen LogP contribution >= 0.6 is 0 Å². The van der Waals surface area contributed by atoms with Gasteiger partial charge in [-0.1, -0.05) is 6.92 Å². The van der Waals surface area contributed by atoms with Crippen LogP contribution in [0.5, 0.6) is 0 Å². The molecule has 0 bridgehead atoms. The Morgan fingerprint density at radius 3 is 2.60 bits per heavy atom. The molecule has 0 aromatic rings. The zero-order valence-electron chi connectivity index (χ0n) is 12.3. The summed E-state index contributed by atoms with van der Waals surface area (Å²) in [7, 11) is 1.81. The normalized spacial score (nSPS) is 16.9. The number of nitrogens with one attached hydrogen (secondary N) is 1. The lowest BCUT2D eigenvalue weighted by atomic mass is 10.0. The summed E-state index contributed by atoms with van der Waals surface area (Å²) in [5.41, 5.74) is 0. The van der Waals surface area contributed by atoms with E-state index in [1.54, 1.807) is 11.9 Å². The summed E-state index contributed by atoms with van der Waals surface area (Å²) in [6.07, 6.45) is 1.99. The van der Waals surface area contributed by atoms with Crippen LogP contribution in [0, 0.1) is 0 Å². The number of likely N-dealkylation sites (tertiary alicyclic amines) is 1. The lowest BCUT2D eigenvalue weighted by Crippen LogP contribution is -2.49. The Hall–Kier alpha value is -1.34. The highest BCUT2D eigenvalue weighted by Crippen LogP contribution is 2.14. The number of rotatable bonds is 7. The monoisotopic (exact) mass is 287 g/mol. The SMILES string of the molecule is CCN1CCC(N(C)C(=O)NCCOCC(=O)O)CC1. The van der Waals surface area contributed by atoms with E-state index in [0.29, 0.717) is 6.54 Å². The number of carbonyl (C=O) groups is 2. The molecule has 0 unspecified atom stereocenters. The van der Waals surface area contributed by atoms with Crippen molar-refractivity contribution in [2.24, 2.45) is 0 Å². The van der Waals surface area contributed by atoms with Crippen LogP contribution in [0.1, 0.15) is 19.8 Å². The summed E-state index contributed by atoms with van der Waals surface area (Å²) in [6, 6.07) is 0.150. The van der Waals surface area contributed by atoms with Gasteiger partial charge in [0, 0.05) is 32.7 Å². The summed E-state index contributed by atoms with van der Waals surface area (Å²) in [5, 5.41) is 11.1. The standard InChI is InChI=1S/C13H25N3O4/c1-3-16-7-4-11(5-8-16)15(2)13(19)14-6-9-20-10-12(17)18/h11H,3-10H2,1-2H3,(H,14,19)(H,17,18). The largest absolute Gasteiger partial charge is 0.480 e. The number of hydrogen-bond acceptors (Lipinski definition) is 4. The zero-order chi connectivity index (χ0) is 15.0. The third-order valence-corrected chi connectivity index (χ3v) is 3.62. The van der Waals surface area contributed by atoms with E-state index in [1.165, 1.54) is 0 Å². The van der Waals surface area contributed by atoms with Gasteiger partial charge >= 0.3 is 12.0 Å². The highest BCUT2D eigenvalue weighted by atomic mass is 16.5. The van der Waals surface area contributed by atoms with Gasteiger partial charge in [0.05, 0.1) is 6.61 Å². The highest BCUT2D eigenvalue weighted by Gasteiger charge is 2.24. The number of nitrogens with zero attached hydrogens (tertiary/aromatic N) is 2. The predicted octanol–water partition coefficient (Wildman–Crippen LogP) is 0.213. The fourth-order valence-corrected chi connectivity index (χ4v) is 2.30. The Kier molecular flexibility index (Phi) is 7.32. The van der Waals surface area contributed by atoms with Crippen LogP contribution in [0.25, 0.3) is 0 Å². The molecular formula is C13H25N3O4. The maximum Gasteiger partial charge on any atom is 0.329 e. The molecule has 0 aromatic heterocycles. The lowest BCUT2D eigenvalue weighted by molar-refractivity contribution is -0.142. The van der Waals surface area contributed by atoms with E-state index in [2.05, 4.69) is 17.1 Å². The number of carboxylic acid groups (broad SMARTS) is 1. The second kappa shape index (κ2) is 8.76. The molecule has 1 fully saturated rings. The van der Waals surface area contributed by atoms with E-state index in [0.717, 1.165) is 32.5 Å². The molecule has 0 saturated carbocycles. The number of carboxylic acids is 1. The van der Waals surface area contributed by atoms with Crippen LogP contribution in [0.3, 0.4) is 0 Å². The Balaban J connectivity index is 2.17. The number of ether oxygens (including phenoxy) is 1. The number of amides is 2. The zero-order valence-corrected chi connectivity index (χ0v) is 12.3. The number of piperidine rings is 1. The Labute approximate surface area is 119 Å². The highest BCUT2D eigenvalue weighted by molar-refractivity contribution is 5.74. The molecule has 2 amide bonds. The Morgan fingerprint density at radius 2 is 2.05 bits per heavy atom. The van der Waals surface area contributed by atoms with Crippen molar-refractivity contribution in [1.82, 2.24) is 15.1 Å². The molecule has 7 nitrogen and oxygen atoms in total. The molecule has 0 spiro atoms. The minimum atomic E-state index is -1.00. The van der Waals surface area contributed by atoms with Gasteiger partial charge in [0.1, 0.15) is 6.61 Å². The van der Waals surface area contributed by atoms with Crippen LogP contribution in [0.4, 0.5) is 4.79 Å². The van der Waals surface area contributed by atoms with Crippen molar-refractivity contribution in [1.29, 1.82) is 0 Å². The van der Waals surface area contributed by atoms with Crippen LogP contribution < -0.4 is 5.32 Å². The maximum absolute atomic E-state index is 11.9. The fourth-order valence-electron chi connectivity index (χ4n) is 2.30. The molecule has 1 aliphatic heterocycles. The van der Waals surface area contributed by atoms with Gasteiger partial charge in [0.2, 0.25) is 0 Å². The van der Waals surface area contributed by atoms with Gasteiger partial charge in [-0.2, -0.15) is 0 Å². The molecule has 7 heteroatoms. The minimum absolute atomic E-state index is 0.126. The Bertz CT molecular complexity index is 317. The van der Waals surface area contributed by atoms with Crippen molar-refractivity contribution in [3.05, 3.63) is 0 Å². The summed E-state index contributed by atoms with van der Waals surface area (Å²) in [5.74, 6) is -1.00. The van der Waals surface area contributed by atoms with E-state index < -0.39 is 5.97 Å². The van der Waals surface area contributed by atoms with Crippen molar-refractivity contribution < 1.29 is 19.4 Å². The van der Waals surface area contributed by atoms with Gasteiger partial charge in [-0.25, -0.2) is 9.59 Å². The van der Waals surface area contributed by atoms with Crippen LogP contribution in [-0.4, -0.2) is 79.4 Å². The predicted molar refractivity (Wildman–Crippen MR) is 74.8 cm³/mol. The van der Waals surface area contributed by atoms with Crippen molar-refractivity contribution >= 4 is 12.0 Å². The summed E-state index contributed by atoms with van der Waals surface area (Å²) in [6.45, 7) is 5.46. The van der Waals surface area contributed by atoms with Gasteiger partial charge in [-0.05, 0) is 19.4 Å². The molecule has 1 saturated heterocycles. The molecule has 1 heterocycles. The lowest BCUT2D eigenvalue weighted by Gasteiger charge is -2.36. The minimum Gasteiger partial charge on any atom is -0.480 e. The van der Waals surface area contributed by atoms with Crippen LogP contribution in [0.2, 0.25) is 0 Å². The number of urea groups is 1. The fraction of sp³-hybridized carbons (Fsp3) is 0.846. The van der Waals surface area contributed by atoms with E-state index in [-0.39, 0.29) is 25.3 Å². The average Bonchev–Trinajstić information content (AvgIpc) is 2.45. The van der Waals surface area contributed by atoms with Crippen molar-refractivity contribution in [3.63, 3.8) is 0 Å². The second-order valence-corrected chi connectivity index (χ2v) is 4.95. The molecule has 1 aliphatic rings. The first-order valence-corrected chi connectivity index (χ1v) is 7.07. The van der Waals surface area contributed by atoms with Crippen molar-refractivity contribution in [3.8, 4) is 0 Å². The molecule has 2 N–H and O–H groups in total. The molecule has 0 atom stereocenters. The van der Waals surface area contributed by atoms with Crippen molar-refractivity contribution in [2.45, 2.75) is 25.8 Å². The van der Waals surface area contributed by atoms with Gasteiger partial charge in [0.25, 0.3) is 0 Å². The van der Waals surface area contributed by atoms with Crippen LogP contribution in [0.15, 0.2) is 0 Å². The van der Waals surface area contributed by atoms with Gasteiger partial charge in [-0.3, -0.25) is 0 Å². The Morgan fingerprint density at radius 1 is 1.40 bits per heavy atom. The second-order valence-electron chi connectivity index (χ2n) is 4.95. The first-order chi connectivity index (χ1) is 9.54. The third kappa shape index (κ3) is 5.75. The molecule has 0 aliphatic carbocycles. The van der Waals surface area contributed by atoms with E-state index in [4.69, 9.17) is 9.84 Å². The molecule has 1 rings (SSSR count).